The molecule has 0 saturated carbocycles. The fraction of sp³-hybridized carbons (Fsp3) is 0.680. The molecule has 200 valence electrons. The van der Waals surface area contributed by atoms with Crippen LogP contribution in [0.15, 0.2) is 12.2 Å². The Labute approximate surface area is 211 Å². The smallest absolute Gasteiger partial charge is 0.253 e. The lowest BCUT2D eigenvalue weighted by atomic mass is 10.0. The number of amides is 5. The number of ether oxygens (including phenoxy) is 2. The Morgan fingerprint density at radius 3 is 2.00 bits per heavy atom. The highest BCUT2D eigenvalue weighted by Crippen LogP contribution is 2.20. The van der Waals surface area contributed by atoms with E-state index in [0.717, 1.165) is 9.80 Å². The average molecular weight is 508 g/mol. The highest BCUT2D eigenvalue weighted by Gasteiger charge is 2.30. The number of likely N-dealkylation sites (tertiary alicyclic amines) is 1. The minimum absolute atomic E-state index is 0.0408. The van der Waals surface area contributed by atoms with Crippen LogP contribution in [0.2, 0.25) is 0 Å². The molecule has 0 radical (unpaired) electrons. The maximum absolute atomic E-state index is 12.1. The van der Waals surface area contributed by atoms with Crippen molar-refractivity contribution < 1.29 is 38.2 Å². The summed E-state index contributed by atoms with van der Waals surface area (Å²) in [6, 6.07) is 0. The lowest BCUT2D eigenvalue weighted by Crippen LogP contribution is -2.37. The molecular formula is C25H37N3O8. The van der Waals surface area contributed by atoms with Crippen LogP contribution < -0.4 is 5.32 Å². The van der Waals surface area contributed by atoms with Gasteiger partial charge in [0.15, 0.2) is 5.78 Å². The zero-order chi connectivity index (χ0) is 26.9. The largest absolute Gasteiger partial charge is 0.375 e. The summed E-state index contributed by atoms with van der Waals surface area (Å²) in [6.07, 6.45) is 4.00. The molecule has 1 fully saturated rings. The van der Waals surface area contributed by atoms with Gasteiger partial charge in [0.25, 0.3) is 11.8 Å². The number of hydrogen-bond acceptors (Lipinski definition) is 8. The standard InChI is InChI=1S/C25H37N3O8/c1-24(2,11-13-26-19(30)9-14-27-20(31)5-6-21(27)32)36-16-12-25(3,4)35-15-10-18(29)17-28-22(33)7-8-23(28)34/h5-6H,7-17H2,1-4H3,(H,26,30). The second-order valence-electron chi connectivity index (χ2n) is 10.1. The molecule has 2 aliphatic heterocycles. The van der Waals surface area contributed by atoms with Crippen LogP contribution >= 0.6 is 0 Å². The first-order chi connectivity index (χ1) is 16.8. The topological polar surface area (TPSA) is 139 Å². The molecule has 0 aliphatic carbocycles. The van der Waals surface area contributed by atoms with Crippen molar-refractivity contribution in [2.24, 2.45) is 0 Å². The van der Waals surface area contributed by atoms with Gasteiger partial charge in [0.1, 0.15) is 0 Å². The van der Waals surface area contributed by atoms with Crippen molar-refractivity contribution in [3.8, 4) is 0 Å². The maximum atomic E-state index is 12.1. The van der Waals surface area contributed by atoms with Crippen molar-refractivity contribution in [1.82, 2.24) is 15.1 Å². The molecule has 0 bridgehead atoms. The number of nitrogens with one attached hydrogen (secondary N) is 1. The Hall–Kier alpha value is -2.92. The number of nitrogens with zero attached hydrogens (tertiary/aromatic N) is 2. The van der Waals surface area contributed by atoms with Crippen LogP contribution in [0.1, 0.15) is 66.2 Å². The quantitative estimate of drug-likeness (QED) is 0.304. The summed E-state index contributed by atoms with van der Waals surface area (Å²) in [5.74, 6) is -1.89. The number of hydrogen-bond donors (Lipinski definition) is 1. The van der Waals surface area contributed by atoms with Gasteiger partial charge < -0.3 is 14.8 Å². The molecule has 0 aromatic heterocycles. The van der Waals surface area contributed by atoms with E-state index in [-0.39, 0.29) is 68.9 Å². The lowest BCUT2D eigenvalue weighted by Gasteiger charge is -2.30. The fourth-order valence-corrected chi connectivity index (χ4v) is 3.67. The Bertz CT molecular complexity index is 875. The molecule has 36 heavy (non-hydrogen) atoms. The van der Waals surface area contributed by atoms with E-state index in [4.69, 9.17) is 9.47 Å². The van der Waals surface area contributed by atoms with Crippen LogP contribution in [0.25, 0.3) is 0 Å². The molecule has 0 atom stereocenters. The highest BCUT2D eigenvalue weighted by molar-refractivity contribution is 6.13. The molecule has 2 rings (SSSR count). The number of imide groups is 2. The van der Waals surface area contributed by atoms with E-state index in [0.29, 0.717) is 26.0 Å². The van der Waals surface area contributed by atoms with Crippen LogP contribution in [0.5, 0.6) is 0 Å². The van der Waals surface area contributed by atoms with Crippen molar-refractivity contribution in [3.63, 3.8) is 0 Å². The molecule has 1 N–H and O–H groups in total. The molecule has 5 amide bonds. The molecule has 2 aliphatic rings. The number of ketones is 1. The number of Topliss-reactive ketones (excluding diaryl/α,β-unsaturated/α-hetero) is 1. The molecule has 1 saturated heterocycles. The number of rotatable bonds is 16. The summed E-state index contributed by atoms with van der Waals surface area (Å²) in [6.45, 7) is 8.45. The first-order valence-electron chi connectivity index (χ1n) is 12.2. The van der Waals surface area contributed by atoms with Crippen molar-refractivity contribution in [2.45, 2.75) is 77.4 Å². The lowest BCUT2D eigenvalue weighted by molar-refractivity contribution is -0.142. The average Bonchev–Trinajstić information content (AvgIpc) is 3.26. The molecular weight excluding hydrogens is 470 g/mol. The van der Waals surface area contributed by atoms with Gasteiger partial charge in [-0.05, 0) is 40.5 Å². The fourth-order valence-electron chi connectivity index (χ4n) is 3.67. The number of carbonyl (C=O) groups excluding carboxylic acids is 6. The SMILES string of the molecule is CC(C)(CCNC(=O)CCN1C(=O)C=CC1=O)OCCC(C)(C)OCCC(=O)CN1C(=O)CCC1=O. The van der Waals surface area contributed by atoms with Gasteiger partial charge in [-0.3, -0.25) is 38.6 Å². The highest BCUT2D eigenvalue weighted by atomic mass is 16.5. The van der Waals surface area contributed by atoms with Crippen molar-refractivity contribution in [1.29, 1.82) is 0 Å². The van der Waals surface area contributed by atoms with Gasteiger partial charge in [-0.15, -0.1) is 0 Å². The molecule has 0 spiro atoms. The Balaban J connectivity index is 1.58. The molecule has 11 nitrogen and oxygen atoms in total. The molecule has 0 unspecified atom stereocenters. The summed E-state index contributed by atoms with van der Waals surface area (Å²) in [5, 5.41) is 2.78. The number of carbonyl (C=O) groups is 6. The third-order valence-corrected chi connectivity index (χ3v) is 6.07. The van der Waals surface area contributed by atoms with Gasteiger partial charge in [0.2, 0.25) is 17.7 Å². The van der Waals surface area contributed by atoms with E-state index in [9.17, 15) is 28.8 Å². The summed E-state index contributed by atoms with van der Waals surface area (Å²) >= 11 is 0. The van der Waals surface area contributed by atoms with Crippen LogP contribution in [-0.4, -0.2) is 89.2 Å². The predicted molar refractivity (Wildman–Crippen MR) is 128 cm³/mol. The minimum atomic E-state index is -0.539. The van der Waals surface area contributed by atoms with Crippen molar-refractivity contribution in [2.75, 3.05) is 32.8 Å². The van der Waals surface area contributed by atoms with E-state index in [1.54, 1.807) is 0 Å². The van der Waals surface area contributed by atoms with E-state index in [2.05, 4.69) is 5.32 Å². The Morgan fingerprint density at radius 2 is 1.39 bits per heavy atom. The van der Waals surface area contributed by atoms with Crippen LogP contribution in [0.3, 0.4) is 0 Å². The van der Waals surface area contributed by atoms with Gasteiger partial charge in [-0.25, -0.2) is 0 Å². The van der Waals surface area contributed by atoms with Gasteiger partial charge >= 0.3 is 0 Å². The van der Waals surface area contributed by atoms with Crippen molar-refractivity contribution in [3.05, 3.63) is 12.2 Å². The van der Waals surface area contributed by atoms with Crippen LogP contribution in [0, 0.1) is 0 Å². The zero-order valence-electron chi connectivity index (χ0n) is 21.6. The summed E-state index contributed by atoms with van der Waals surface area (Å²) in [7, 11) is 0. The zero-order valence-corrected chi connectivity index (χ0v) is 21.6. The maximum Gasteiger partial charge on any atom is 0.253 e. The van der Waals surface area contributed by atoms with Crippen molar-refractivity contribution >= 4 is 35.3 Å². The normalized spacial score (nSPS) is 16.4. The Morgan fingerprint density at radius 1 is 0.833 bits per heavy atom. The van der Waals surface area contributed by atoms with E-state index >= 15 is 0 Å². The van der Waals surface area contributed by atoms with E-state index in [1.807, 2.05) is 27.7 Å². The predicted octanol–water partition coefficient (Wildman–Crippen LogP) is 0.897. The van der Waals surface area contributed by atoms with Gasteiger partial charge in [0.05, 0.1) is 31.0 Å². The third-order valence-electron chi connectivity index (χ3n) is 6.07. The molecule has 11 heteroatoms. The molecule has 0 aromatic carbocycles. The van der Waals surface area contributed by atoms with Gasteiger partial charge in [-0.1, -0.05) is 0 Å². The molecule has 2 heterocycles. The second kappa shape index (κ2) is 12.9. The Kier molecular flexibility index (Phi) is 10.5. The first-order valence-corrected chi connectivity index (χ1v) is 12.2. The minimum Gasteiger partial charge on any atom is -0.375 e. The summed E-state index contributed by atoms with van der Waals surface area (Å²) in [5.41, 5.74) is -1.04. The van der Waals surface area contributed by atoms with E-state index in [1.165, 1.54) is 12.2 Å². The van der Waals surface area contributed by atoms with Gasteiger partial charge in [0, 0.05) is 50.9 Å². The third kappa shape index (κ3) is 9.62. The van der Waals surface area contributed by atoms with Crippen LogP contribution in [-0.2, 0) is 38.2 Å². The monoisotopic (exact) mass is 507 g/mol. The summed E-state index contributed by atoms with van der Waals surface area (Å²) in [4.78, 5) is 72.4. The first kappa shape index (κ1) is 29.3. The van der Waals surface area contributed by atoms with Gasteiger partial charge in [-0.2, -0.15) is 0 Å². The molecule has 0 aromatic rings. The summed E-state index contributed by atoms with van der Waals surface area (Å²) < 4.78 is 11.8. The second-order valence-corrected chi connectivity index (χ2v) is 10.1. The van der Waals surface area contributed by atoms with Crippen LogP contribution in [0.4, 0.5) is 0 Å². The van der Waals surface area contributed by atoms with E-state index < -0.39 is 23.0 Å².